The topological polar surface area (TPSA) is 243 Å². The van der Waals surface area contributed by atoms with Gasteiger partial charge in [-0.25, -0.2) is 0 Å². The Morgan fingerprint density at radius 2 is 1.67 bits per heavy atom. The number of aliphatic hydroxyl groups excluding tert-OH is 6. The number of rotatable bonds is 13. The van der Waals surface area contributed by atoms with E-state index in [2.05, 4.69) is 5.32 Å². The molecule has 2 aliphatic carbocycles. The van der Waals surface area contributed by atoms with Crippen molar-refractivity contribution in [3.63, 3.8) is 0 Å². The Labute approximate surface area is 286 Å². The third-order valence-electron chi connectivity index (χ3n) is 10.3. The van der Waals surface area contributed by atoms with Crippen molar-refractivity contribution in [2.24, 2.45) is 17.8 Å². The molecule has 13 atom stereocenters. The number of aliphatic hydroxyl groups is 7. The van der Waals surface area contributed by atoms with Crippen molar-refractivity contribution in [3.05, 3.63) is 11.5 Å². The van der Waals surface area contributed by atoms with E-state index in [9.17, 15) is 45.3 Å². The van der Waals surface area contributed by atoms with Gasteiger partial charge in [-0.15, -0.1) is 0 Å². The van der Waals surface area contributed by atoms with Crippen LogP contribution in [0.25, 0.3) is 0 Å². The first-order chi connectivity index (χ1) is 23.3. The zero-order valence-electron chi connectivity index (χ0n) is 28.6. The van der Waals surface area contributed by atoms with Gasteiger partial charge in [0.1, 0.15) is 36.6 Å². The summed E-state index contributed by atoms with van der Waals surface area (Å²) < 4.78 is 35.7. The molecule has 0 bridgehead atoms. The van der Waals surface area contributed by atoms with Gasteiger partial charge in [-0.1, -0.05) is 45.4 Å². The first-order valence-electron chi connectivity index (χ1n) is 17.4. The van der Waals surface area contributed by atoms with E-state index >= 15 is 0 Å². The lowest BCUT2D eigenvalue weighted by Gasteiger charge is -2.49. The van der Waals surface area contributed by atoms with Crippen LogP contribution < -0.4 is 5.32 Å². The second-order valence-corrected chi connectivity index (χ2v) is 13.7. The average Bonchev–Trinajstić information content (AvgIpc) is 3.08. The fraction of sp³-hybridized carbons (Fsp3) is 0.879. The number of nitrogens with one attached hydrogen (secondary N) is 1. The van der Waals surface area contributed by atoms with Crippen LogP contribution >= 0.6 is 0 Å². The van der Waals surface area contributed by atoms with Gasteiger partial charge in [0.2, 0.25) is 5.91 Å². The van der Waals surface area contributed by atoms with Crippen LogP contribution in [0.5, 0.6) is 0 Å². The van der Waals surface area contributed by atoms with Crippen LogP contribution in [-0.4, -0.2) is 135 Å². The van der Waals surface area contributed by atoms with Gasteiger partial charge in [-0.2, -0.15) is 0 Å². The zero-order chi connectivity index (χ0) is 36.0. The second-order valence-electron chi connectivity index (χ2n) is 13.7. The molecule has 2 heterocycles. The Balaban J connectivity index is 1.66. The van der Waals surface area contributed by atoms with Crippen molar-refractivity contribution >= 4 is 11.9 Å². The maximum absolute atomic E-state index is 12.8. The lowest BCUT2D eigenvalue weighted by Crippen LogP contribution is -2.67. The Bertz CT molecular complexity index is 1120. The number of esters is 1. The molecule has 0 aromatic carbocycles. The highest BCUT2D eigenvalue weighted by atomic mass is 16.7. The minimum absolute atomic E-state index is 0.0312. The van der Waals surface area contributed by atoms with Crippen LogP contribution in [0.15, 0.2) is 11.5 Å². The molecule has 3 fully saturated rings. The Morgan fingerprint density at radius 1 is 0.980 bits per heavy atom. The standard InChI is InChI=1S/C33H55NO15/c1-5-18-12-19(31(43)44-4)13-20(28(18)49-33-27(40)26(39)24(37)15(2)45-33)47-32-23(34-16(3)36)29(25(38)22(14-35)48-32)46-21(30(41)42)11-17-9-7-6-8-10-17/h15,17-23,25,27-30,32-33,35,37-42H,5-14H2,1-4H3,(H,34,36)/t15?,18?,19?,20-,21+,22?,23?,25+,27?,28?,29?,32-,33+/m1/s1. The summed E-state index contributed by atoms with van der Waals surface area (Å²) in [6, 6.07) is -1.23. The lowest BCUT2D eigenvalue weighted by atomic mass is 9.76. The molecule has 1 amide bonds. The van der Waals surface area contributed by atoms with E-state index in [0.717, 1.165) is 32.1 Å². The number of hydrogen-bond donors (Lipinski definition) is 8. The molecule has 49 heavy (non-hydrogen) atoms. The highest BCUT2D eigenvalue weighted by molar-refractivity contribution is 5.73. The molecule has 16 heteroatoms. The van der Waals surface area contributed by atoms with Gasteiger partial charge < -0.3 is 69.5 Å². The van der Waals surface area contributed by atoms with Crippen molar-refractivity contribution in [1.82, 2.24) is 5.32 Å². The van der Waals surface area contributed by atoms with E-state index in [-0.39, 0.29) is 18.3 Å². The summed E-state index contributed by atoms with van der Waals surface area (Å²) in [6.45, 7) is 3.90. The molecule has 0 aromatic rings. The van der Waals surface area contributed by atoms with Gasteiger partial charge in [-0.05, 0) is 38.0 Å². The molecule has 4 aliphatic rings. The van der Waals surface area contributed by atoms with E-state index in [4.69, 9.17) is 28.4 Å². The van der Waals surface area contributed by atoms with Crippen molar-refractivity contribution < 1.29 is 73.8 Å². The molecule has 8 N–H and O–H groups in total. The van der Waals surface area contributed by atoms with Crippen LogP contribution in [0.3, 0.4) is 0 Å². The number of ether oxygens (including phenoxy) is 6. The minimum atomic E-state index is -1.90. The van der Waals surface area contributed by atoms with Gasteiger partial charge >= 0.3 is 5.97 Å². The Kier molecular flexibility index (Phi) is 14.5. The predicted molar refractivity (Wildman–Crippen MR) is 168 cm³/mol. The van der Waals surface area contributed by atoms with Crippen LogP contribution in [0, 0.1) is 17.8 Å². The molecule has 16 nitrogen and oxygen atoms in total. The molecule has 2 aliphatic heterocycles. The highest BCUT2D eigenvalue weighted by Gasteiger charge is 2.52. The van der Waals surface area contributed by atoms with Gasteiger partial charge in [0.15, 0.2) is 36.5 Å². The maximum Gasteiger partial charge on any atom is 0.308 e. The largest absolute Gasteiger partial charge is 0.506 e. The van der Waals surface area contributed by atoms with Crippen LogP contribution in [0.1, 0.15) is 78.6 Å². The number of carbonyl (C=O) groups is 2. The van der Waals surface area contributed by atoms with Crippen LogP contribution in [-0.2, 0) is 38.0 Å². The summed E-state index contributed by atoms with van der Waals surface area (Å²) in [6.07, 6.45) is -8.66. The summed E-state index contributed by atoms with van der Waals surface area (Å²) >= 11 is 0. The van der Waals surface area contributed by atoms with E-state index in [1.807, 2.05) is 6.92 Å². The average molecular weight is 706 g/mol. The number of amides is 1. The highest BCUT2D eigenvalue weighted by Crippen LogP contribution is 2.40. The molecular weight excluding hydrogens is 650 g/mol. The smallest absolute Gasteiger partial charge is 0.308 e. The number of hydrogen-bond acceptors (Lipinski definition) is 15. The maximum atomic E-state index is 12.8. The summed E-state index contributed by atoms with van der Waals surface area (Å²) in [4.78, 5) is 25.3. The predicted octanol–water partition coefficient (Wildman–Crippen LogP) is 0.417. The molecule has 8 unspecified atom stereocenters. The van der Waals surface area contributed by atoms with Crippen molar-refractivity contribution in [3.8, 4) is 0 Å². The molecule has 282 valence electrons. The Hall–Kier alpha value is -2.12. The zero-order valence-corrected chi connectivity index (χ0v) is 28.6. The quantitative estimate of drug-likeness (QED) is 0.0956. The SMILES string of the molecule is CCC1CC(C(=O)OC)C[C@@H](O[C@@H]2OC(CO)[C@H](O)C(O[C@@H](CC3CCCCC3)C(O)O)C2NC(C)=O)C1O[C@@H]1OC(C)C(O)=C(O)C1O. The van der Waals surface area contributed by atoms with E-state index < -0.39 is 110 Å². The third-order valence-corrected chi connectivity index (χ3v) is 10.3. The monoisotopic (exact) mass is 705 g/mol. The van der Waals surface area contributed by atoms with Crippen molar-refractivity contribution in [1.29, 1.82) is 0 Å². The first-order valence-corrected chi connectivity index (χ1v) is 17.4. The van der Waals surface area contributed by atoms with E-state index in [1.165, 1.54) is 21.0 Å². The molecule has 0 aromatic heterocycles. The Morgan fingerprint density at radius 3 is 2.27 bits per heavy atom. The van der Waals surface area contributed by atoms with Gasteiger partial charge in [-0.3, -0.25) is 9.59 Å². The van der Waals surface area contributed by atoms with Gasteiger partial charge in [0.05, 0.1) is 31.8 Å². The van der Waals surface area contributed by atoms with Crippen LogP contribution in [0.4, 0.5) is 0 Å². The molecule has 1 saturated heterocycles. The number of carbonyl (C=O) groups excluding carboxylic acids is 2. The summed E-state index contributed by atoms with van der Waals surface area (Å²) in [7, 11) is 1.27. The molecule has 0 spiro atoms. The summed E-state index contributed by atoms with van der Waals surface area (Å²) in [5.41, 5.74) is 0. The molecule has 2 saturated carbocycles. The lowest BCUT2D eigenvalue weighted by molar-refractivity contribution is -0.325. The molecular formula is C33H55NO15. The fourth-order valence-corrected chi connectivity index (χ4v) is 7.60. The molecule has 0 radical (unpaired) electrons. The number of methoxy groups -OCH3 is 1. The van der Waals surface area contributed by atoms with Gasteiger partial charge in [0, 0.05) is 6.92 Å². The third kappa shape index (κ3) is 9.61. The van der Waals surface area contributed by atoms with Crippen molar-refractivity contribution in [2.75, 3.05) is 13.7 Å². The van der Waals surface area contributed by atoms with Crippen LogP contribution in [0.2, 0.25) is 0 Å². The van der Waals surface area contributed by atoms with E-state index in [0.29, 0.717) is 19.3 Å². The fourth-order valence-electron chi connectivity index (χ4n) is 7.60. The normalized spacial score (nSPS) is 38.3. The summed E-state index contributed by atoms with van der Waals surface area (Å²) in [5, 5.41) is 76.0. The van der Waals surface area contributed by atoms with Crippen molar-refractivity contribution in [2.45, 2.75) is 152 Å². The minimum Gasteiger partial charge on any atom is -0.506 e. The van der Waals surface area contributed by atoms with Gasteiger partial charge in [0.25, 0.3) is 0 Å². The van der Waals surface area contributed by atoms with E-state index in [1.54, 1.807) is 0 Å². The molecule has 4 rings (SSSR count). The summed E-state index contributed by atoms with van der Waals surface area (Å²) in [5.74, 6) is -3.13. The first kappa shape index (κ1) is 39.7. The second kappa shape index (κ2) is 17.9.